The first-order chi connectivity index (χ1) is 14.6. The Balaban J connectivity index is 1.26. The van der Waals surface area contributed by atoms with Crippen LogP contribution < -0.4 is 5.32 Å². The highest BCUT2D eigenvalue weighted by atomic mass is 35.5. The number of carbonyl (C=O) groups excluding carboxylic acids is 1. The summed E-state index contributed by atoms with van der Waals surface area (Å²) in [5, 5.41) is 7.74. The molecule has 1 aromatic heterocycles. The molecule has 0 atom stereocenters. The van der Waals surface area contributed by atoms with Gasteiger partial charge in [0.05, 0.1) is 11.6 Å². The van der Waals surface area contributed by atoms with Crippen molar-refractivity contribution >= 4 is 17.5 Å². The number of rotatable bonds is 6. The zero-order chi connectivity index (χ0) is 20.9. The van der Waals surface area contributed by atoms with Crippen molar-refractivity contribution in [2.24, 2.45) is 5.92 Å². The minimum absolute atomic E-state index is 0.0478. The molecule has 0 radical (unpaired) electrons. The third-order valence-corrected chi connectivity index (χ3v) is 5.94. The number of piperidine rings is 1. The van der Waals surface area contributed by atoms with E-state index >= 15 is 0 Å². The Morgan fingerprint density at radius 1 is 1.17 bits per heavy atom. The Morgan fingerprint density at radius 2 is 1.90 bits per heavy atom. The molecule has 30 heavy (non-hydrogen) atoms. The molecule has 2 heterocycles. The second-order valence-electron chi connectivity index (χ2n) is 7.69. The normalized spacial score (nSPS) is 15.3. The van der Waals surface area contributed by atoms with E-state index in [1.807, 2.05) is 36.4 Å². The number of hydrogen-bond donors (Lipinski definition) is 1. The summed E-state index contributed by atoms with van der Waals surface area (Å²) in [5.74, 6) is 1.25. The maximum absolute atomic E-state index is 12.6. The van der Waals surface area contributed by atoms with Crippen LogP contribution in [0.1, 0.15) is 29.9 Å². The first-order valence-corrected chi connectivity index (χ1v) is 10.6. The Hall–Kier alpha value is -2.70. The zero-order valence-electron chi connectivity index (χ0n) is 17.0. The predicted octanol–water partition coefficient (Wildman–Crippen LogP) is 4.23. The second kappa shape index (κ2) is 9.41. The van der Waals surface area contributed by atoms with Gasteiger partial charge in [0.1, 0.15) is 0 Å². The van der Waals surface area contributed by atoms with Crippen molar-refractivity contribution in [3.63, 3.8) is 0 Å². The molecule has 1 amide bonds. The number of aryl methyl sites for hydroxylation is 1. The molecular weight excluding hydrogens is 400 g/mol. The molecule has 7 heteroatoms. The van der Waals surface area contributed by atoms with Gasteiger partial charge in [0.2, 0.25) is 17.6 Å². The van der Waals surface area contributed by atoms with Crippen molar-refractivity contribution in [3.8, 4) is 11.4 Å². The van der Waals surface area contributed by atoms with E-state index in [0.29, 0.717) is 29.8 Å². The number of benzene rings is 2. The van der Waals surface area contributed by atoms with E-state index in [9.17, 15) is 4.79 Å². The molecular formula is C23H25ClN4O2. The lowest BCUT2D eigenvalue weighted by Gasteiger charge is -2.30. The van der Waals surface area contributed by atoms with E-state index in [1.165, 1.54) is 5.56 Å². The first-order valence-electron chi connectivity index (χ1n) is 10.2. The number of nitrogens with one attached hydrogen (secondary N) is 1. The average molecular weight is 425 g/mol. The van der Waals surface area contributed by atoms with Gasteiger partial charge in [0.25, 0.3) is 0 Å². The number of carbonyl (C=O) groups is 1. The number of halogens is 1. The summed E-state index contributed by atoms with van der Waals surface area (Å²) >= 11 is 6.21. The first kappa shape index (κ1) is 20.6. The molecule has 4 rings (SSSR count). The molecule has 0 spiro atoms. The Bertz CT molecular complexity index is 1010. The van der Waals surface area contributed by atoms with Gasteiger partial charge in [-0.05, 0) is 56.1 Å². The van der Waals surface area contributed by atoms with Crippen LogP contribution in [0.25, 0.3) is 11.4 Å². The lowest BCUT2D eigenvalue weighted by molar-refractivity contribution is -0.126. The highest BCUT2D eigenvalue weighted by Gasteiger charge is 2.26. The van der Waals surface area contributed by atoms with Crippen molar-refractivity contribution in [3.05, 3.63) is 70.6 Å². The van der Waals surface area contributed by atoms with Gasteiger partial charge in [-0.1, -0.05) is 53.2 Å². The maximum Gasteiger partial charge on any atom is 0.241 e. The standard InChI is InChI=1S/C23H25ClN4O2/c1-16-6-2-3-7-18(16)14-25-23(29)17-10-12-28(13-11-17)15-21-26-22(27-30-21)19-8-4-5-9-20(19)24/h2-9,17H,10-15H2,1H3,(H,25,29). The fraction of sp³-hybridized carbons (Fsp3) is 0.348. The summed E-state index contributed by atoms with van der Waals surface area (Å²) in [4.78, 5) is 19.3. The summed E-state index contributed by atoms with van der Waals surface area (Å²) < 4.78 is 5.41. The molecule has 0 unspecified atom stereocenters. The Kier molecular flexibility index (Phi) is 6.45. The molecule has 3 aromatic rings. The van der Waals surface area contributed by atoms with E-state index in [1.54, 1.807) is 0 Å². The van der Waals surface area contributed by atoms with Crippen LogP contribution in [-0.4, -0.2) is 34.0 Å². The molecule has 2 aromatic carbocycles. The number of nitrogens with zero attached hydrogens (tertiary/aromatic N) is 3. The van der Waals surface area contributed by atoms with Crippen molar-refractivity contribution in [1.82, 2.24) is 20.4 Å². The van der Waals surface area contributed by atoms with E-state index in [2.05, 4.69) is 39.4 Å². The van der Waals surface area contributed by atoms with Crippen LogP contribution in [0.3, 0.4) is 0 Å². The fourth-order valence-electron chi connectivity index (χ4n) is 3.75. The second-order valence-corrected chi connectivity index (χ2v) is 8.09. The number of likely N-dealkylation sites (tertiary alicyclic amines) is 1. The number of aromatic nitrogens is 2. The fourth-order valence-corrected chi connectivity index (χ4v) is 3.97. The lowest BCUT2D eigenvalue weighted by Crippen LogP contribution is -2.40. The predicted molar refractivity (Wildman–Crippen MR) is 116 cm³/mol. The van der Waals surface area contributed by atoms with Crippen LogP contribution >= 0.6 is 11.6 Å². The maximum atomic E-state index is 12.6. The van der Waals surface area contributed by atoms with Crippen LogP contribution in [0.15, 0.2) is 53.1 Å². The molecule has 0 bridgehead atoms. The smallest absolute Gasteiger partial charge is 0.241 e. The Labute approximate surface area is 181 Å². The van der Waals surface area contributed by atoms with Gasteiger partial charge in [0, 0.05) is 18.0 Å². The molecule has 1 N–H and O–H groups in total. The molecule has 0 saturated carbocycles. The molecule has 1 aliphatic rings. The van der Waals surface area contributed by atoms with Crippen LogP contribution in [0.4, 0.5) is 0 Å². The summed E-state index contributed by atoms with van der Waals surface area (Å²) in [6.07, 6.45) is 1.65. The van der Waals surface area contributed by atoms with Crippen LogP contribution in [0.5, 0.6) is 0 Å². The third kappa shape index (κ3) is 4.89. The van der Waals surface area contributed by atoms with E-state index < -0.39 is 0 Å². The lowest BCUT2D eigenvalue weighted by atomic mass is 9.95. The quantitative estimate of drug-likeness (QED) is 0.641. The van der Waals surface area contributed by atoms with Crippen molar-refractivity contribution in [1.29, 1.82) is 0 Å². The molecule has 1 saturated heterocycles. The number of amides is 1. The summed E-state index contributed by atoms with van der Waals surface area (Å²) in [6.45, 7) is 4.88. The van der Waals surface area contributed by atoms with Crippen LogP contribution in [-0.2, 0) is 17.9 Å². The molecule has 1 fully saturated rings. The highest BCUT2D eigenvalue weighted by Crippen LogP contribution is 2.25. The van der Waals surface area contributed by atoms with Crippen molar-refractivity contribution < 1.29 is 9.32 Å². The van der Waals surface area contributed by atoms with E-state index in [4.69, 9.17) is 16.1 Å². The molecule has 6 nitrogen and oxygen atoms in total. The monoisotopic (exact) mass is 424 g/mol. The van der Waals surface area contributed by atoms with Crippen LogP contribution in [0.2, 0.25) is 5.02 Å². The van der Waals surface area contributed by atoms with Gasteiger partial charge in [-0.3, -0.25) is 9.69 Å². The minimum Gasteiger partial charge on any atom is -0.352 e. The van der Waals surface area contributed by atoms with E-state index in [-0.39, 0.29) is 11.8 Å². The summed E-state index contributed by atoms with van der Waals surface area (Å²) in [6, 6.07) is 15.6. The Morgan fingerprint density at radius 3 is 2.67 bits per heavy atom. The van der Waals surface area contributed by atoms with Gasteiger partial charge in [-0.25, -0.2) is 0 Å². The summed E-state index contributed by atoms with van der Waals surface area (Å²) in [5.41, 5.74) is 3.12. The van der Waals surface area contributed by atoms with E-state index in [0.717, 1.165) is 37.1 Å². The molecule has 0 aliphatic carbocycles. The van der Waals surface area contributed by atoms with Crippen molar-refractivity contribution in [2.75, 3.05) is 13.1 Å². The van der Waals surface area contributed by atoms with Gasteiger partial charge < -0.3 is 9.84 Å². The van der Waals surface area contributed by atoms with Gasteiger partial charge in [-0.2, -0.15) is 4.98 Å². The zero-order valence-corrected chi connectivity index (χ0v) is 17.7. The average Bonchev–Trinajstić information content (AvgIpc) is 3.22. The molecule has 1 aliphatic heterocycles. The topological polar surface area (TPSA) is 71.3 Å². The SMILES string of the molecule is Cc1ccccc1CNC(=O)C1CCN(Cc2nc(-c3ccccc3Cl)no2)CC1. The summed E-state index contributed by atoms with van der Waals surface area (Å²) in [7, 11) is 0. The van der Waals surface area contributed by atoms with Crippen LogP contribution in [0, 0.1) is 12.8 Å². The van der Waals surface area contributed by atoms with Gasteiger partial charge >= 0.3 is 0 Å². The van der Waals surface area contributed by atoms with Gasteiger partial charge in [0.15, 0.2) is 0 Å². The molecule has 156 valence electrons. The number of hydrogen-bond acceptors (Lipinski definition) is 5. The third-order valence-electron chi connectivity index (χ3n) is 5.61. The van der Waals surface area contributed by atoms with Gasteiger partial charge in [-0.15, -0.1) is 0 Å². The largest absolute Gasteiger partial charge is 0.352 e. The van der Waals surface area contributed by atoms with Crippen molar-refractivity contribution in [2.45, 2.75) is 32.9 Å². The minimum atomic E-state index is 0.0478. The highest BCUT2D eigenvalue weighted by molar-refractivity contribution is 6.33.